The van der Waals surface area contributed by atoms with Crippen molar-refractivity contribution in [2.45, 2.75) is 19.4 Å². The highest BCUT2D eigenvalue weighted by Gasteiger charge is 2.18. The number of aldehydes is 1. The second kappa shape index (κ2) is 5.60. The van der Waals surface area contributed by atoms with Crippen LogP contribution in [0.2, 0.25) is 0 Å². The second-order valence-electron chi connectivity index (χ2n) is 4.56. The minimum atomic E-state index is 0.257. The van der Waals surface area contributed by atoms with Gasteiger partial charge in [-0.15, -0.1) is 0 Å². The number of nitrogens with zero attached hydrogens (tertiary/aromatic N) is 2. The summed E-state index contributed by atoms with van der Waals surface area (Å²) in [5.74, 6) is 0.257. The molecule has 3 nitrogen and oxygen atoms in total. The molecule has 0 aliphatic carbocycles. The fourth-order valence-corrected chi connectivity index (χ4v) is 2.19. The summed E-state index contributed by atoms with van der Waals surface area (Å²) in [5.41, 5.74) is 1.93. The van der Waals surface area contributed by atoms with Gasteiger partial charge in [-0.1, -0.05) is 12.1 Å². The van der Waals surface area contributed by atoms with Crippen LogP contribution in [0.3, 0.4) is 0 Å². The number of carbonyl (C=O) groups is 1. The van der Waals surface area contributed by atoms with Crippen molar-refractivity contribution in [3.05, 3.63) is 35.4 Å². The predicted octanol–water partition coefficient (Wildman–Crippen LogP) is 1.97. The first-order valence-electron chi connectivity index (χ1n) is 5.98. The van der Waals surface area contributed by atoms with Crippen molar-refractivity contribution in [2.75, 3.05) is 13.1 Å². The molecular weight excluding hydrogens is 212 g/mol. The summed E-state index contributed by atoms with van der Waals surface area (Å²) in [6.07, 6.45) is 3.03. The first-order chi connectivity index (χ1) is 8.31. The molecule has 0 saturated carbocycles. The van der Waals surface area contributed by atoms with Crippen molar-refractivity contribution in [1.29, 1.82) is 5.26 Å². The Labute approximate surface area is 102 Å². The van der Waals surface area contributed by atoms with Crippen LogP contribution in [-0.2, 0) is 11.3 Å². The fraction of sp³-hybridized carbons (Fsp3) is 0.429. The molecule has 2 rings (SSSR count). The van der Waals surface area contributed by atoms with Gasteiger partial charge in [-0.2, -0.15) is 5.26 Å². The molecule has 0 radical (unpaired) electrons. The number of benzene rings is 1. The largest absolute Gasteiger partial charge is 0.303 e. The van der Waals surface area contributed by atoms with Crippen LogP contribution in [0, 0.1) is 17.2 Å². The molecule has 88 valence electrons. The first kappa shape index (κ1) is 11.8. The summed E-state index contributed by atoms with van der Waals surface area (Å²) in [6, 6.07) is 9.84. The lowest BCUT2D eigenvalue weighted by molar-refractivity contribution is -0.112. The molecule has 17 heavy (non-hydrogen) atoms. The Hall–Kier alpha value is -1.66. The normalized spacial score (nSPS) is 17.6. The van der Waals surface area contributed by atoms with E-state index in [2.05, 4.69) is 11.0 Å². The SMILES string of the molecule is N#Cc1ccc(CN2CCC(C=O)CC2)cc1. The average Bonchev–Trinajstić information content (AvgIpc) is 2.40. The van der Waals surface area contributed by atoms with Crippen molar-refractivity contribution >= 4 is 6.29 Å². The van der Waals surface area contributed by atoms with Gasteiger partial charge >= 0.3 is 0 Å². The molecule has 0 unspecified atom stereocenters. The third kappa shape index (κ3) is 3.15. The lowest BCUT2D eigenvalue weighted by Gasteiger charge is -2.29. The quantitative estimate of drug-likeness (QED) is 0.743. The van der Waals surface area contributed by atoms with Crippen molar-refractivity contribution in [3.8, 4) is 6.07 Å². The molecule has 3 heteroatoms. The van der Waals surface area contributed by atoms with E-state index in [0.717, 1.165) is 38.8 Å². The molecule has 1 aliphatic rings. The molecule has 1 aromatic carbocycles. The van der Waals surface area contributed by atoms with Gasteiger partial charge in [0.25, 0.3) is 0 Å². The molecule has 0 amide bonds. The summed E-state index contributed by atoms with van der Waals surface area (Å²) < 4.78 is 0. The number of piperidine rings is 1. The number of nitriles is 1. The minimum Gasteiger partial charge on any atom is -0.303 e. The van der Waals surface area contributed by atoms with Crippen molar-refractivity contribution in [2.24, 2.45) is 5.92 Å². The van der Waals surface area contributed by atoms with E-state index in [1.165, 1.54) is 5.56 Å². The zero-order valence-electron chi connectivity index (χ0n) is 9.80. The maximum atomic E-state index is 10.6. The number of carbonyl (C=O) groups excluding carboxylic acids is 1. The number of likely N-dealkylation sites (tertiary alicyclic amines) is 1. The topological polar surface area (TPSA) is 44.1 Å². The van der Waals surface area contributed by atoms with Gasteiger partial charge in [0.1, 0.15) is 6.29 Å². The van der Waals surface area contributed by atoms with Crippen LogP contribution in [0.5, 0.6) is 0 Å². The summed E-state index contributed by atoms with van der Waals surface area (Å²) in [6.45, 7) is 2.89. The lowest BCUT2D eigenvalue weighted by Crippen LogP contribution is -2.33. The van der Waals surface area contributed by atoms with Gasteiger partial charge in [0, 0.05) is 12.5 Å². The maximum Gasteiger partial charge on any atom is 0.123 e. The molecule has 0 bridgehead atoms. The average molecular weight is 228 g/mol. The first-order valence-corrected chi connectivity index (χ1v) is 5.98. The van der Waals surface area contributed by atoms with Crippen molar-refractivity contribution < 1.29 is 4.79 Å². The van der Waals surface area contributed by atoms with E-state index in [9.17, 15) is 4.79 Å². The van der Waals surface area contributed by atoms with Gasteiger partial charge < -0.3 is 4.79 Å². The summed E-state index contributed by atoms with van der Waals surface area (Å²) in [5, 5.41) is 8.71. The summed E-state index contributed by atoms with van der Waals surface area (Å²) in [4.78, 5) is 13.0. The van der Waals surface area contributed by atoms with Gasteiger partial charge in [-0.3, -0.25) is 4.90 Å². The van der Waals surface area contributed by atoms with Crippen LogP contribution in [0.4, 0.5) is 0 Å². The maximum absolute atomic E-state index is 10.6. The summed E-state index contributed by atoms with van der Waals surface area (Å²) >= 11 is 0. The lowest BCUT2D eigenvalue weighted by atomic mass is 9.98. The Kier molecular flexibility index (Phi) is 3.89. The molecule has 0 aromatic heterocycles. The van der Waals surface area contributed by atoms with Gasteiger partial charge in [0.05, 0.1) is 11.6 Å². The standard InChI is InChI=1S/C14H16N2O/c15-9-12-1-3-13(4-2-12)10-16-7-5-14(11-17)6-8-16/h1-4,11,14H,5-8,10H2. The Morgan fingerprint density at radius 1 is 1.29 bits per heavy atom. The predicted molar refractivity (Wildman–Crippen MR) is 65.2 cm³/mol. The van der Waals surface area contributed by atoms with Crippen LogP contribution >= 0.6 is 0 Å². The molecule has 0 N–H and O–H groups in total. The molecule has 1 saturated heterocycles. The summed E-state index contributed by atoms with van der Waals surface area (Å²) in [7, 11) is 0. The molecular formula is C14H16N2O. The monoisotopic (exact) mass is 228 g/mol. The fourth-order valence-electron chi connectivity index (χ4n) is 2.19. The van der Waals surface area contributed by atoms with Crippen LogP contribution in [0.15, 0.2) is 24.3 Å². The molecule has 1 aliphatic heterocycles. The Morgan fingerprint density at radius 3 is 2.47 bits per heavy atom. The zero-order chi connectivity index (χ0) is 12.1. The van der Waals surface area contributed by atoms with E-state index in [0.29, 0.717) is 5.56 Å². The van der Waals surface area contributed by atoms with Gasteiger partial charge in [-0.25, -0.2) is 0 Å². The molecule has 1 heterocycles. The molecule has 1 aromatic rings. The van der Waals surface area contributed by atoms with Crippen molar-refractivity contribution in [3.63, 3.8) is 0 Å². The Morgan fingerprint density at radius 2 is 1.94 bits per heavy atom. The molecule has 1 fully saturated rings. The van der Waals surface area contributed by atoms with Crippen LogP contribution in [0.25, 0.3) is 0 Å². The Balaban J connectivity index is 1.89. The highest BCUT2D eigenvalue weighted by molar-refractivity contribution is 5.53. The zero-order valence-corrected chi connectivity index (χ0v) is 9.80. The highest BCUT2D eigenvalue weighted by atomic mass is 16.1. The van der Waals surface area contributed by atoms with E-state index < -0.39 is 0 Å². The van der Waals surface area contributed by atoms with Gasteiger partial charge in [0.2, 0.25) is 0 Å². The van der Waals surface area contributed by atoms with Crippen LogP contribution in [0.1, 0.15) is 24.0 Å². The second-order valence-corrected chi connectivity index (χ2v) is 4.56. The van der Waals surface area contributed by atoms with E-state index in [4.69, 9.17) is 5.26 Å². The number of hydrogen-bond acceptors (Lipinski definition) is 3. The third-order valence-corrected chi connectivity index (χ3v) is 3.31. The molecule has 0 spiro atoms. The van der Waals surface area contributed by atoms with E-state index >= 15 is 0 Å². The van der Waals surface area contributed by atoms with Crippen molar-refractivity contribution in [1.82, 2.24) is 4.90 Å². The van der Waals surface area contributed by atoms with Gasteiger partial charge in [0.15, 0.2) is 0 Å². The highest BCUT2D eigenvalue weighted by Crippen LogP contribution is 2.17. The van der Waals surface area contributed by atoms with E-state index in [-0.39, 0.29) is 5.92 Å². The molecule has 0 atom stereocenters. The third-order valence-electron chi connectivity index (χ3n) is 3.31. The van der Waals surface area contributed by atoms with Gasteiger partial charge in [-0.05, 0) is 43.6 Å². The van der Waals surface area contributed by atoms with Crippen LogP contribution in [-0.4, -0.2) is 24.3 Å². The van der Waals surface area contributed by atoms with E-state index in [1.807, 2.05) is 24.3 Å². The van der Waals surface area contributed by atoms with Crippen LogP contribution < -0.4 is 0 Å². The van der Waals surface area contributed by atoms with E-state index in [1.54, 1.807) is 0 Å². The number of rotatable bonds is 3. The number of hydrogen-bond donors (Lipinski definition) is 0. The minimum absolute atomic E-state index is 0.257. The smallest absolute Gasteiger partial charge is 0.123 e. The Bertz CT molecular complexity index is 411.